The molecule has 2 aromatic rings. The van der Waals surface area contributed by atoms with Gasteiger partial charge in [-0.15, -0.1) is 0 Å². The SMILES string of the molecule is C=CC(=O)Oc1ccccc1OC(=O)c1ccc(OCCCOC(C)=O)cc1. The van der Waals surface area contributed by atoms with E-state index in [0.29, 0.717) is 24.3 Å². The van der Waals surface area contributed by atoms with Crippen LogP contribution < -0.4 is 14.2 Å². The molecule has 0 bridgehead atoms. The van der Waals surface area contributed by atoms with Gasteiger partial charge in [-0.1, -0.05) is 18.7 Å². The maximum Gasteiger partial charge on any atom is 0.343 e. The van der Waals surface area contributed by atoms with Crippen molar-refractivity contribution in [3.8, 4) is 17.2 Å². The van der Waals surface area contributed by atoms with Gasteiger partial charge in [0.1, 0.15) is 5.75 Å². The molecule has 28 heavy (non-hydrogen) atoms. The maximum atomic E-state index is 12.3. The number of hydrogen-bond donors (Lipinski definition) is 0. The van der Waals surface area contributed by atoms with Gasteiger partial charge in [0.25, 0.3) is 0 Å². The quantitative estimate of drug-likeness (QED) is 0.284. The zero-order valence-corrected chi connectivity index (χ0v) is 15.4. The highest BCUT2D eigenvalue weighted by Gasteiger charge is 2.14. The van der Waals surface area contributed by atoms with E-state index in [2.05, 4.69) is 6.58 Å². The van der Waals surface area contributed by atoms with E-state index in [4.69, 9.17) is 18.9 Å². The second-order valence-corrected chi connectivity index (χ2v) is 5.53. The van der Waals surface area contributed by atoms with Gasteiger partial charge >= 0.3 is 17.9 Å². The molecule has 0 radical (unpaired) electrons. The molecule has 0 unspecified atom stereocenters. The van der Waals surface area contributed by atoms with E-state index in [1.165, 1.54) is 19.1 Å². The summed E-state index contributed by atoms with van der Waals surface area (Å²) in [6.07, 6.45) is 1.58. The molecular formula is C21H20O7. The van der Waals surface area contributed by atoms with Gasteiger partial charge in [-0.2, -0.15) is 0 Å². The van der Waals surface area contributed by atoms with Crippen LogP contribution in [-0.4, -0.2) is 31.1 Å². The fourth-order valence-electron chi connectivity index (χ4n) is 2.08. The Kier molecular flexibility index (Phi) is 7.77. The highest BCUT2D eigenvalue weighted by molar-refractivity contribution is 5.91. The van der Waals surface area contributed by atoms with Crippen LogP contribution in [0.15, 0.2) is 61.2 Å². The summed E-state index contributed by atoms with van der Waals surface area (Å²) >= 11 is 0. The predicted molar refractivity (Wildman–Crippen MR) is 100 cm³/mol. The van der Waals surface area contributed by atoms with Crippen molar-refractivity contribution in [2.24, 2.45) is 0 Å². The second kappa shape index (κ2) is 10.5. The fourth-order valence-corrected chi connectivity index (χ4v) is 2.08. The van der Waals surface area contributed by atoms with E-state index in [9.17, 15) is 14.4 Å². The number of carbonyl (C=O) groups is 3. The van der Waals surface area contributed by atoms with Crippen LogP contribution in [0.25, 0.3) is 0 Å². The number of rotatable bonds is 9. The van der Waals surface area contributed by atoms with Gasteiger partial charge < -0.3 is 18.9 Å². The molecule has 0 amide bonds. The average Bonchev–Trinajstić information content (AvgIpc) is 2.69. The summed E-state index contributed by atoms with van der Waals surface area (Å²) in [4.78, 5) is 34.4. The first-order valence-corrected chi connectivity index (χ1v) is 8.51. The molecule has 0 aliphatic heterocycles. The summed E-state index contributed by atoms with van der Waals surface area (Å²) in [5.41, 5.74) is 0.303. The van der Waals surface area contributed by atoms with Gasteiger partial charge in [-0.05, 0) is 36.4 Å². The lowest BCUT2D eigenvalue weighted by Gasteiger charge is -2.10. The molecule has 0 spiro atoms. The normalized spacial score (nSPS) is 9.89. The Balaban J connectivity index is 1.92. The van der Waals surface area contributed by atoms with Crippen LogP contribution in [0.5, 0.6) is 17.2 Å². The zero-order chi connectivity index (χ0) is 20.4. The Bertz CT molecular complexity index is 840. The minimum atomic E-state index is -0.654. The summed E-state index contributed by atoms with van der Waals surface area (Å²) in [7, 11) is 0. The molecule has 0 aliphatic carbocycles. The van der Waals surface area contributed by atoms with Crippen molar-refractivity contribution in [3.05, 3.63) is 66.7 Å². The third-order valence-electron chi connectivity index (χ3n) is 3.38. The van der Waals surface area contributed by atoms with E-state index in [0.717, 1.165) is 6.08 Å². The van der Waals surface area contributed by atoms with Crippen molar-refractivity contribution in [2.45, 2.75) is 13.3 Å². The van der Waals surface area contributed by atoms with Crippen LogP contribution in [-0.2, 0) is 14.3 Å². The van der Waals surface area contributed by atoms with E-state index in [-0.39, 0.29) is 24.1 Å². The van der Waals surface area contributed by atoms with Crippen molar-refractivity contribution < 1.29 is 33.3 Å². The first-order valence-electron chi connectivity index (χ1n) is 8.51. The summed E-state index contributed by atoms with van der Waals surface area (Å²) in [6, 6.07) is 12.7. The summed E-state index contributed by atoms with van der Waals surface area (Å²) in [6.45, 7) is 5.34. The van der Waals surface area contributed by atoms with Gasteiger partial charge in [0.2, 0.25) is 0 Å². The third kappa shape index (κ3) is 6.60. The highest BCUT2D eigenvalue weighted by Crippen LogP contribution is 2.27. The Hall–Kier alpha value is -3.61. The van der Waals surface area contributed by atoms with Crippen LogP contribution in [0.3, 0.4) is 0 Å². The number of benzene rings is 2. The van der Waals surface area contributed by atoms with E-state index >= 15 is 0 Å². The molecular weight excluding hydrogens is 364 g/mol. The lowest BCUT2D eigenvalue weighted by molar-refractivity contribution is -0.141. The van der Waals surface area contributed by atoms with Crippen molar-refractivity contribution in [1.82, 2.24) is 0 Å². The van der Waals surface area contributed by atoms with E-state index in [1.54, 1.807) is 36.4 Å². The van der Waals surface area contributed by atoms with Crippen molar-refractivity contribution >= 4 is 17.9 Å². The molecule has 0 N–H and O–H groups in total. The largest absolute Gasteiger partial charge is 0.493 e. The third-order valence-corrected chi connectivity index (χ3v) is 3.38. The first-order chi connectivity index (χ1) is 13.5. The van der Waals surface area contributed by atoms with Crippen molar-refractivity contribution in [3.63, 3.8) is 0 Å². The maximum absolute atomic E-state index is 12.3. The summed E-state index contributed by atoms with van der Waals surface area (Å²) < 4.78 is 20.7. The molecule has 0 saturated carbocycles. The lowest BCUT2D eigenvalue weighted by atomic mass is 10.2. The molecule has 7 nitrogen and oxygen atoms in total. The zero-order valence-electron chi connectivity index (χ0n) is 15.4. The van der Waals surface area contributed by atoms with Gasteiger partial charge in [-0.25, -0.2) is 9.59 Å². The Labute approximate surface area is 162 Å². The number of para-hydroxylation sites is 2. The fraction of sp³-hybridized carbons (Fsp3) is 0.190. The Morgan fingerprint density at radius 2 is 1.57 bits per heavy atom. The lowest BCUT2D eigenvalue weighted by Crippen LogP contribution is -2.11. The van der Waals surface area contributed by atoms with Crippen molar-refractivity contribution in [1.29, 1.82) is 0 Å². The van der Waals surface area contributed by atoms with Gasteiger partial charge in [0.05, 0.1) is 18.8 Å². The molecule has 0 saturated heterocycles. The molecule has 2 rings (SSSR count). The molecule has 7 heteroatoms. The Morgan fingerprint density at radius 1 is 0.929 bits per heavy atom. The molecule has 0 fully saturated rings. The van der Waals surface area contributed by atoms with Crippen LogP contribution in [0.4, 0.5) is 0 Å². The van der Waals surface area contributed by atoms with Crippen LogP contribution in [0.2, 0.25) is 0 Å². The highest BCUT2D eigenvalue weighted by atomic mass is 16.6. The predicted octanol–water partition coefficient (Wildman–Crippen LogP) is 3.33. The van der Waals surface area contributed by atoms with E-state index < -0.39 is 11.9 Å². The van der Waals surface area contributed by atoms with Crippen LogP contribution in [0, 0.1) is 0 Å². The number of ether oxygens (including phenoxy) is 4. The standard InChI is InChI=1S/C21H20O7/c1-3-20(23)27-18-7-4-5-8-19(18)28-21(24)16-9-11-17(12-10-16)26-14-6-13-25-15(2)22/h3-5,7-12H,1,6,13-14H2,2H3. The van der Waals surface area contributed by atoms with Crippen LogP contribution in [0.1, 0.15) is 23.7 Å². The molecule has 0 heterocycles. The monoisotopic (exact) mass is 384 g/mol. The number of carbonyl (C=O) groups excluding carboxylic acids is 3. The topological polar surface area (TPSA) is 88.1 Å². The van der Waals surface area contributed by atoms with E-state index in [1.807, 2.05) is 0 Å². The minimum Gasteiger partial charge on any atom is -0.493 e. The number of hydrogen-bond acceptors (Lipinski definition) is 7. The van der Waals surface area contributed by atoms with Gasteiger partial charge in [0, 0.05) is 19.4 Å². The molecule has 0 aromatic heterocycles. The first kappa shape index (κ1) is 20.7. The van der Waals surface area contributed by atoms with Crippen molar-refractivity contribution in [2.75, 3.05) is 13.2 Å². The summed E-state index contributed by atoms with van der Waals surface area (Å²) in [5, 5.41) is 0. The Morgan fingerprint density at radius 3 is 2.18 bits per heavy atom. The minimum absolute atomic E-state index is 0.119. The average molecular weight is 384 g/mol. The molecule has 2 aromatic carbocycles. The van der Waals surface area contributed by atoms with Crippen LogP contribution >= 0.6 is 0 Å². The molecule has 0 aliphatic rings. The van der Waals surface area contributed by atoms with Gasteiger partial charge in [-0.3, -0.25) is 4.79 Å². The van der Waals surface area contributed by atoms with Gasteiger partial charge in [0.15, 0.2) is 11.5 Å². The molecule has 146 valence electrons. The second-order valence-electron chi connectivity index (χ2n) is 5.53. The summed E-state index contributed by atoms with van der Waals surface area (Å²) in [5.74, 6) is -0.785. The smallest absolute Gasteiger partial charge is 0.343 e. The number of esters is 3. The molecule has 0 atom stereocenters.